The third-order valence-corrected chi connectivity index (χ3v) is 4.73. The fourth-order valence-electron chi connectivity index (χ4n) is 1.60. The average Bonchev–Trinajstić information content (AvgIpc) is 2.94. The van der Waals surface area contributed by atoms with Crippen molar-refractivity contribution in [2.45, 2.75) is 4.90 Å². The number of nitrogens with one attached hydrogen (secondary N) is 1. The molecule has 3 rings (SSSR count). The topological polar surface area (TPSA) is 115 Å². The van der Waals surface area contributed by atoms with E-state index in [2.05, 4.69) is 19.9 Å². The number of rotatable bonds is 2. The molecule has 3 heterocycles. The first-order chi connectivity index (χ1) is 8.95. The van der Waals surface area contributed by atoms with E-state index in [-0.39, 0.29) is 4.90 Å². The van der Waals surface area contributed by atoms with Crippen LogP contribution >= 0.6 is 11.3 Å². The standard InChI is InChI=1S/C10H9N5O2S2/c1-19(16,17)5-2-6(18-3-5)9-14-7-8(11)12-4-13-10(7)15-9/h2-4H,1H3,(H3,11,12,13,14,15). The summed E-state index contributed by atoms with van der Waals surface area (Å²) in [5.41, 5.74) is 6.71. The lowest BCUT2D eigenvalue weighted by molar-refractivity contribution is 0.602. The second-order valence-corrected chi connectivity index (χ2v) is 6.89. The van der Waals surface area contributed by atoms with Crippen molar-refractivity contribution in [2.24, 2.45) is 0 Å². The van der Waals surface area contributed by atoms with Crippen LogP contribution in [0.4, 0.5) is 5.82 Å². The van der Waals surface area contributed by atoms with Crippen molar-refractivity contribution in [2.75, 3.05) is 12.0 Å². The predicted molar refractivity (Wildman–Crippen MR) is 72.5 cm³/mol. The normalized spacial score (nSPS) is 12.1. The third kappa shape index (κ3) is 2.06. The van der Waals surface area contributed by atoms with Gasteiger partial charge >= 0.3 is 0 Å². The van der Waals surface area contributed by atoms with Gasteiger partial charge in [0.15, 0.2) is 27.1 Å². The maximum Gasteiger partial charge on any atom is 0.183 e. The number of hydrogen-bond acceptors (Lipinski definition) is 7. The van der Waals surface area contributed by atoms with Gasteiger partial charge in [0.2, 0.25) is 0 Å². The molecule has 9 heteroatoms. The van der Waals surface area contributed by atoms with Crippen LogP contribution in [0, 0.1) is 0 Å². The third-order valence-electron chi connectivity index (χ3n) is 2.55. The molecule has 0 amide bonds. The lowest BCUT2D eigenvalue weighted by Crippen LogP contribution is -1.93. The lowest BCUT2D eigenvalue weighted by Gasteiger charge is -1.90. The van der Waals surface area contributed by atoms with Gasteiger partial charge in [0.25, 0.3) is 0 Å². The molecule has 0 saturated heterocycles. The Hall–Kier alpha value is -2.00. The predicted octanol–water partition coefficient (Wildman–Crippen LogP) is 1.07. The Bertz CT molecular complexity index is 865. The minimum absolute atomic E-state index is 0.270. The van der Waals surface area contributed by atoms with Crippen molar-refractivity contribution in [1.29, 1.82) is 0 Å². The zero-order chi connectivity index (χ0) is 13.6. The zero-order valence-corrected chi connectivity index (χ0v) is 11.4. The van der Waals surface area contributed by atoms with Crippen LogP contribution in [0.15, 0.2) is 22.7 Å². The van der Waals surface area contributed by atoms with Crippen molar-refractivity contribution in [3.8, 4) is 10.7 Å². The van der Waals surface area contributed by atoms with Crippen molar-refractivity contribution in [1.82, 2.24) is 19.9 Å². The van der Waals surface area contributed by atoms with Crippen molar-refractivity contribution < 1.29 is 8.42 Å². The quantitative estimate of drug-likeness (QED) is 0.730. The first-order valence-corrected chi connectivity index (χ1v) is 7.97. The van der Waals surface area contributed by atoms with E-state index < -0.39 is 9.84 Å². The Morgan fingerprint density at radius 2 is 2.16 bits per heavy atom. The van der Waals surface area contributed by atoms with Gasteiger partial charge < -0.3 is 10.7 Å². The number of hydrogen-bond donors (Lipinski definition) is 2. The molecule has 0 fully saturated rings. The van der Waals surface area contributed by atoms with Crippen LogP contribution in [0.5, 0.6) is 0 Å². The smallest absolute Gasteiger partial charge is 0.183 e. The molecule has 0 spiro atoms. The van der Waals surface area contributed by atoms with Gasteiger partial charge in [-0.1, -0.05) is 0 Å². The maximum absolute atomic E-state index is 11.4. The number of anilines is 1. The van der Waals surface area contributed by atoms with E-state index in [9.17, 15) is 8.42 Å². The van der Waals surface area contributed by atoms with Gasteiger partial charge in [0.1, 0.15) is 11.8 Å². The minimum atomic E-state index is -3.21. The molecule has 3 aromatic rings. The number of nitrogens with zero attached hydrogens (tertiary/aromatic N) is 3. The lowest BCUT2D eigenvalue weighted by atomic mass is 10.4. The molecule has 7 nitrogen and oxygen atoms in total. The summed E-state index contributed by atoms with van der Waals surface area (Å²) in [7, 11) is -3.21. The van der Waals surface area contributed by atoms with Gasteiger partial charge in [-0.3, -0.25) is 0 Å². The highest BCUT2D eigenvalue weighted by atomic mass is 32.2. The van der Waals surface area contributed by atoms with Crippen LogP contribution in [-0.2, 0) is 9.84 Å². The fraction of sp³-hybridized carbons (Fsp3) is 0.100. The highest BCUT2D eigenvalue weighted by Gasteiger charge is 2.14. The molecule has 0 aliphatic heterocycles. The minimum Gasteiger partial charge on any atom is -0.382 e. The summed E-state index contributed by atoms with van der Waals surface area (Å²) in [5.74, 6) is 0.839. The highest BCUT2D eigenvalue weighted by Crippen LogP contribution is 2.29. The number of nitrogen functional groups attached to an aromatic ring is 1. The average molecular weight is 295 g/mol. The Morgan fingerprint density at radius 3 is 2.79 bits per heavy atom. The summed E-state index contributed by atoms with van der Waals surface area (Å²) in [6, 6.07) is 1.57. The van der Waals surface area contributed by atoms with E-state index in [1.165, 1.54) is 23.9 Å². The van der Waals surface area contributed by atoms with Gasteiger partial charge in [-0.15, -0.1) is 11.3 Å². The van der Waals surface area contributed by atoms with E-state index in [0.29, 0.717) is 27.7 Å². The first-order valence-electron chi connectivity index (χ1n) is 5.20. The molecular formula is C10H9N5O2S2. The summed E-state index contributed by atoms with van der Waals surface area (Å²) in [6.07, 6.45) is 2.50. The van der Waals surface area contributed by atoms with E-state index in [4.69, 9.17) is 5.73 Å². The summed E-state index contributed by atoms with van der Waals surface area (Å²) < 4.78 is 22.9. The van der Waals surface area contributed by atoms with Gasteiger partial charge in [0.05, 0.1) is 9.77 Å². The number of aromatic amines is 1. The summed E-state index contributed by atoms with van der Waals surface area (Å²) in [6.45, 7) is 0. The van der Waals surface area contributed by atoms with Crippen LogP contribution < -0.4 is 5.73 Å². The highest BCUT2D eigenvalue weighted by molar-refractivity contribution is 7.90. The number of thiophene rings is 1. The van der Waals surface area contributed by atoms with E-state index >= 15 is 0 Å². The fourth-order valence-corrected chi connectivity index (χ4v) is 3.56. The SMILES string of the molecule is CS(=O)(=O)c1csc(-c2nc3ncnc(N)c3[nH]2)c1. The van der Waals surface area contributed by atoms with Gasteiger partial charge in [-0.25, -0.2) is 23.4 Å². The van der Waals surface area contributed by atoms with Gasteiger partial charge in [0, 0.05) is 11.6 Å². The number of sulfone groups is 1. The first kappa shape index (κ1) is 12.1. The monoisotopic (exact) mass is 295 g/mol. The van der Waals surface area contributed by atoms with Crippen LogP contribution in [-0.4, -0.2) is 34.6 Å². The van der Waals surface area contributed by atoms with Crippen LogP contribution in [0.2, 0.25) is 0 Å². The Balaban J connectivity index is 2.15. The molecule has 0 aliphatic carbocycles. The summed E-state index contributed by atoms with van der Waals surface area (Å²) >= 11 is 1.29. The van der Waals surface area contributed by atoms with Gasteiger partial charge in [-0.2, -0.15) is 0 Å². The Kier molecular flexibility index (Phi) is 2.54. The molecule has 0 radical (unpaired) electrons. The largest absolute Gasteiger partial charge is 0.382 e. The zero-order valence-electron chi connectivity index (χ0n) is 9.78. The molecule has 19 heavy (non-hydrogen) atoms. The van der Waals surface area contributed by atoms with Gasteiger partial charge in [-0.05, 0) is 6.07 Å². The summed E-state index contributed by atoms with van der Waals surface area (Å²) in [4.78, 5) is 16.1. The molecule has 0 atom stereocenters. The van der Waals surface area contributed by atoms with Crippen molar-refractivity contribution >= 4 is 38.2 Å². The molecule has 0 unspecified atom stereocenters. The van der Waals surface area contributed by atoms with E-state index in [0.717, 1.165) is 0 Å². The molecule has 0 bridgehead atoms. The number of fused-ring (bicyclic) bond motifs is 1. The van der Waals surface area contributed by atoms with E-state index in [1.54, 1.807) is 11.4 Å². The second kappa shape index (κ2) is 4.00. The number of nitrogens with two attached hydrogens (primary N) is 1. The maximum atomic E-state index is 11.4. The molecule has 0 saturated carbocycles. The molecule has 3 aromatic heterocycles. The number of aromatic nitrogens is 4. The molecule has 3 N–H and O–H groups in total. The number of H-pyrrole nitrogens is 1. The number of imidazole rings is 1. The second-order valence-electron chi connectivity index (χ2n) is 3.96. The van der Waals surface area contributed by atoms with Crippen LogP contribution in [0.3, 0.4) is 0 Å². The Morgan fingerprint density at radius 1 is 1.37 bits per heavy atom. The molecule has 0 aromatic carbocycles. The Labute approximate surface area is 112 Å². The van der Waals surface area contributed by atoms with Crippen LogP contribution in [0.25, 0.3) is 21.9 Å². The summed E-state index contributed by atoms with van der Waals surface area (Å²) in [5, 5.41) is 1.58. The van der Waals surface area contributed by atoms with E-state index in [1.807, 2.05) is 0 Å². The van der Waals surface area contributed by atoms with Crippen LogP contribution in [0.1, 0.15) is 0 Å². The molecule has 98 valence electrons. The van der Waals surface area contributed by atoms with Crippen molar-refractivity contribution in [3.63, 3.8) is 0 Å². The van der Waals surface area contributed by atoms with Crippen molar-refractivity contribution in [3.05, 3.63) is 17.8 Å². The molecular weight excluding hydrogens is 286 g/mol. The molecule has 0 aliphatic rings.